The van der Waals surface area contributed by atoms with Crippen LogP contribution in [0.5, 0.6) is 0 Å². The second kappa shape index (κ2) is 7.16. The summed E-state index contributed by atoms with van der Waals surface area (Å²) >= 11 is 0. The van der Waals surface area contributed by atoms with E-state index in [4.69, 9.17) is 0 Å². The SMILES string of the molecule is CC(=O)Nc1ccc(S(=O)(=O)N2CCC(N3C(=O)CCC3=O)CC2)cc1. The number of carbonyl (C=O) groups is 3. The molecule has 1 aromatic rings. The first-order chi connectivity index (χ1) is 12.3. The van der Waals surface area contributed by atoms with Crippen molar-refractivity contribution in [3.05, 3.63) is 24.3 Å². The van der Waals surface area contributed by atoms with E-state index >= 15 is 0 Å². The normalized spacial score (nSPS) is 19.8. The first-order valence-electron chi connectivity index (χ1n) is 8.52. The number of amides is 3. The number of rotatable bonds is 4. The molecule has 0 atom stereocenters. The van der Waals surface area contributed by atoms with Gasteiger partial charge in [0.2, 0.25) is 27.7 Å². The molecule has 0 bridgehead atoms. The molecule has 0 radical (unpaired) electrons. The van der Waals surface area contributed by atoms with E-state index in [1.165, 1.54) is 28.3 Å². The van der Waals surface area contributed by atoms with E-state index in [0.29, 0.717) is 18.5 Å². The molecule has 0 saturated carbocycles. The van der Waals surface area contributed by atoms with Gasteiger partial charge in [0.1, 0.15) is 0 Å². The Labute approximate surface area is 152 Å². The number of nitrogens with zero attached hydrogens (tertiary/aromatic N) is 2. The van der Waals surface area contributed by atoms with Gasteiger partial charge in [0.05, 0.1) is 4.90 Å². The van der Waals surface area contributed by atoms with E-state index in [1.807, 2.05) is 0 Å². The van der Waals surface area contributed by atoms with Crippen molar-refractivity contribution in [3.63, 3.8) is 0 Å². The number of anilines is 1. The molecule has 0 unspecified atom stereocenters. The molecule has 2 fully saturated rings. The molecule has 2 heterocycles. The lowest BCUT2D eigenvalue weighted by Gasteiger charge is -2.35. The number of nitrogens with one attached hydrogen (secondary N) is 1. The third kappa shape index (κ3) is 3.63. The van der Waals surface area contributed by atoms with Crippen LogP contribution in [-0.4, -0.2) is 54.5 Å². The van der Waals surface area contributed by atoms with Crippen LogP contribution in [0, 0.1) is 0 Å². The molecular formula is C17H21N3O5S. The molecule has 2 aliphatic heterocycles. The number of benzene rings is 1. The van der Waals surface area contributed by atoms with Crippen molar-refractivity contribution in [2.75, 3.05) is 18.4 Å². The Morgan fingerprint density at radius 1 is 1.04 bits per heavy atom. The van der Waals surface area contributed by atoms with Crippen molar-refractivity contribution in [2.24, 2.45) is 0 Å². The summed E-state index contributed by atoms with van der Waals surface area (Å²) in [6.45, 7) is 1.90. The average molecular weight is 379 g/mol. The summed E-state index contributed by atoms with van der Waals surface area (Å²) in [5.41, 5.74) is 0.529. The van der Waals surface area contributed by atoms with E-state index in [9.17, 15) is 22.8 Å². The van der Waals surface area contributed by atoms with Crippen molar-refractivity contribution >= 4 is 33.4 Å². The predicted molar refractivity (Wildman–Crippen MR) is 93.6 cm³/mol. The Morgan fingerprint density at radius 2 is 1.58 bits per heavy atom. The first-order valence-corrected chi connectivity index (χ1v) is 9.96. The molecule has 26 heavy (non-hydrogen) atoms. The number of likely N-dealkylation sites (tertiary alicyclic amines) is 1. The molecule has 9 heteroatoms. The van der Waals surface area contributed by atoms with Gasteiger partial charge in [-0.2, -0.15) is 4.31 Å². The van der Waals surface area contributed by atoms with Gasteiger partial charge in [-0.25, -0.2) is 8.42 Å². The number of sulfonamides is 1. The largest absolute Gasteiger partial charge is 0.326 e. The van der Waals surface area contributed by atoms with Crippen LogP contribution in [0.3, 0.4) is 0 Å². The fraction of sp³-hybridized carbons (Fsp3) is 0.471. The monoisotopic (exact) mass is 379 g/mol. The van der Waals surface area contributed by atoms with Crippen LogP contribution in [0.15, 0.2) is 29.2 Å². The van der Waals surface area contributed by atoms with Gasteiger partial charge in [-0.05, 0) is 37.1 Å². The smallest absolute Gasteiger partial charge is 0.243 e. The molecule has 2 saturated heterocycles. The number of carbonyl (C=O) groups excluding carboxylic acids is 3. The minimum atomic E-state index is -3.65. The zero-order valence-electron chi connectivity index (χ0n) is 14.5. The van der Waals surface area contributed by atoms with Crippen molar-refractivity contribution in [3.8, 4) is 0 Å². The number of piperidine rings is 1. The van der Waals surface area contributed by atoms with Gasteiger partial charge in [-0.1, -0.05) is 0 Å². The van der Waals surface area contributed by atoms with E-state index < -0.39 is 10.0 Å². The zero-order chi connectivity index (χ0) is 18.9. The van der Waals surface area contributed by atoms with Crippen LogP contribution >= 0.6 is 0 Å². The second-order valence-electron chi connectivity index (χ2n) is 6.50. The van der Waals surface area contributed by atoms with Crippen molar-refractivity contribution in [1.82, 2.24) is 9.21 Å². The lowest BCUT2D eigenvalue weighted by atomic mass is 10.1. The highest BCUT2D eigenvalue weighted by Crippen LogP contribution is 2.27. The maximum atomic E-state index is 12.8. The van der Waals surface area contributed by atoms with Crippen LogP contribution < -0.4 is 5.32 Å². The fourth-order valence-corrected chi connectivity index (χ4v) is 4.87. The van der Waals surface area contributed by atoms with Gasteiger partial charge in [-0.15, -0.1) is 0 Å². The van der Waals surface area contributed by atoms with Gasteiger partial charge in [0.15, 0.2) is 0 Å². The summed E-state index contributed by atoms with van der Waals surface area (Å²) in [4.78, 5) is 36.2. The van der Waals surface area contributed by atoms with Crippen LogP contribution in [-0.2, 0) is 24.4 Å². The summed E-state index contributed by atoms with van der Waals surface area (Å²) in [6, 6.07) is 5.79. The Balaban J connectivity index is 1.67. The number of imide groups is 1. The number of hydrogen-bond acceptors (Lipinski definition) is 5. The quantitative estimate of drug-likeness (QED) is 0.785. The van der Waals surface area contributed by atoms with Crippen LogP contribution in [0.25, 0.3) is 0 Å². The third-order valence-corrected chi connectivity index (χ3v) is 6.60. The molecule has 0 spiro atoms. The highest BCUT2D eigenvalue weighted by atomic mass is 32.2. The maximum Gasteiger partial charge on any atom is 0.243 e. The van der Waals surface area contributed by atoms with Gasteiger partial charge in [0.25, 0.3) is 0 Å². The summed E-state index contributed by atoms with van der Waals surface area (Å²) in [5, 5.41) is 2.59. The summed E-state index contributed by atoms with van der Waals surface area (Å²) in [7, 11) is -3.65. The van der Waals surface area contributed by atoms with Crippen LogP contribution in [0.1, 0.15) is 32.6 Å². The van der Waals surface area contributed by atoms with Gasteiger partial charge in [-0.3, -0.25) is 19.3 Å². The molecule has 3 rings (SSSR count). The van der Waals surface area contributed by atoms with Gasteiger partial charge in [0, 0.05) is 44.6 Å². The maximum absolute atomic E-state index is 12.8. The Kier molecular flexibility index (Phi) is 5.10. The summed E-state index contributed by atoms with van der Waals surface area (Å²) < 4.78 is 26.9. The highest BCUT2D eigenvalue weighted by Gasteiger charge is 2.38. The van der Waals surface area contributed by atoms with Crippen LogP contribution in [0.4, 0.5) is 5.69 Å². The lowest BCUT2D eigenvalue weighted by molar-refractivity contribution is -0.141. The Morgan fingerprint density at radius 3 is 2.08 bits per heavy atom. The second-order valence-corrected chi connectivity index (χ2v) is 8.44. The van der Waals surface area contributed by atoms with Crippen molar-refractivity contribution in [1.29, 1.82) is 0 Å². The zero-order valence-corrected chi connectivity index (χ0v) is 15.3. The third-order valence-electron chi connectivity index (χ3n) is 4.69. The Hall–Kier alpha value is -2.26. The molecule has 0 aliphatic carbocycles. The van der Waals surface area contributed by atoms with E-state index in [-0.39, 0.29) is 54.6 Å². The van der Waals surface area contributed by atoms with E-state index in [2.05, 4.69) is 5.32 Å². The van der Waals surface area contributed by atoms with Crippen LogP contribution in [0.2, 0.25) is 0 Å². The molecular weight excluding hydrogens is 358 g/mol. The Bertz CT molecular complexity index is 810. The first kappa shape index (κ1) is 18.5. The summed E-state index contributed by atoms with van der Waals surface area (Å²) in [6.07, 6.45) is 1.39. The molecule has 3 amide bonds. The standard InChI is InChI=1S/C17H21N3O5S/c1-12(21)18-13-2-4-15(5-3-13)26(24,25)19-10-8-14(9-11-19)20-16(22)6-7-17(20)23/h2-5,14H,6-11H2,1H3,(H,18,21). The molecule has 0 aromatic heterocycles. The molecule has 8 nitrogen and oxygen atoms in total. The van der Waals surface area contributed by atoms with E-state index in [0.717, 1.165) is 0 Å². The fourth-order valence-electron chi connectivity index (χ4n) is 3.40. The predicted octanol–water partition coefficient (Wildman–Crippen LogP) is 0.947. The van der Waals surface area contributed by atoms with Gasteiger partial charge < -0.3 is 5.32 Å². The topological polar surface area (TPSA) is 104 Å². The average Bonchev–Trinajstić information content (AvgIpc) is 2.93. The lowest BCUT2D eigenvalue weighted by Crippen LogP contribution is -2.48. The molecule has 1 aromatic carbocycles. The summed E-state index contributed by atoms with van der Waals surface area (Å²) in [5.74, 6) is -0.552. The number of hydrogen-bond donors (Lipinski definition) is 1. The molecule has 1 N–H and O–H groups in total. The van der Waals surface area contributed by atoms with Crippen molar-refractivity contribution in [2.45, 2.75) is 43.5 Å². The highest BCUT2D eigenvalue weighted by molar-refractivity contribution is 7.89. The van der Waals surface area contributed by atoms with E-state index in [1.54, 1.807) is 12.1 Å². The minimum absolute atomic E-state index is 0.151. The minimum Gasteiger partial charge on any atom is -0.326 e. The van der Waals surface area contributed by atoms with Gasteiger partial charge >= 0.3 is 0 Å². The molecule has 140 valence electrons. The molecule has 2 aliphatic rings. The van der Waals surface area contributed by atoms with Crippen molar-refractivity contribution < 1.29 is 22.8 Å².